The van der Waals surface area contributed by atoms with E-state index in [4.69, 9.17) is 9.47 Å². The largest absolute Gasteiger partial charge is 0.488 e. The zero-order chi connectivity index (χ0) is 16.7. The Kier molecular flexibility index (Phi) is 6.41. The van der Waals surface area contributed by atoms with E-state index in [-0.39, 0.29) is 5.97 Å². The van der Waals surface area contributed by atoms with Gasteiger partial charge in [-0.2, -0.15) is 0 Å². The molecule has 0 radical (unpaired) electrons. The van der Waals surface area contributed by atoms with Crippen molar-refractivity contribution in [2.24, 2.45) is 0 Å². The summed E-state index contributed by atoms with van der Waals surface area (Å²) in [5, 5.41) is 0. The van der Waals surface area contributed by atoms with Crippen molar-refractivity contribution in [2.45, 2.75) is 20.5 Å². The Balaban J connectivity index is 1.99. The van der Waals surface area contributed by atoms with Gasteiger partial charge in [-0.25, -0.2) is 4.79 Å². The van der Waals surface area contributed by atoms with Gasteiger partial charge in [-0.15, -0.1) is 0 Å². The summed E-state index contributed by atoms with van der Waals surface area (Å²) in [6.07, 6.45) is 3.13. The minimum absolute atomic E-state index is 0.344. The normalized spacial score (nSPS) is 10.7. The Bertz CT molecular complexity index is 690. The van der Waals surface area contributed by atoms with Gasteiger partial charge < -0.3 is 9.47 Å². The molecule has 2 aromatic carbocycles. The first-order valence-electron chi connectivity index (χ1n) is 7.41. The summed E-state index contributed by atoms with van der Waals surface area (Å²) in [6, 6.07) is 13.9. The van der Waals surface area contributed by atoms with Crippen molar-refractivity contribution in [1.82, 2.24) is 0 Å². The van der Waals surface area contributed by atoms with Gasteiger partial charge in [-0.1, -0.05) is 35.9 Å². The molecule has 3 nitrogen and oxygen atoms in total. The maximum absolute atomic E-state index is 11.3. The summed E-state index contributed by atoms with van der Waals surface area (Å²) >= 11 is 3.50. The Labute approximate surface area is 145 Å². The third kappa shape index (κ3) is 5.57. The molecule has 0 spiro atoms. The van der Waals surface area contributed by atoms with Crippen molar-refractivity contribution in [3.8, 4) is 5.75 Å². The lowest BCUT2D eigenvalue weighted by atomic mass is 10.2. The van der Waals surface area contributed by atoms with Crippen LogP contribution in [-0.4, -0.2) is 12.6 Å². The van der Waals surface area contributed by atoms with Crippen molar-refractivity contribution in [3.05, 3.63) is 69.7 Å². The van der Waals surface area contributed by atoms with Gasteiger partial charge in [0.15, 0.2) is 0 Å². The second kappa shape index (κ2) is 8.53. The summed E-state index contributed by atoms with van der Waals surface area (Å²) in [4.78, 5) is 11.3. The highest BCUT2D eigenvalue weighted by Crippen LogP contribution is 2.27. The molecular weight excluding hydrogens is 356 g/mol. The maximum atomic E-state index is 11.3. The standard InChI is InChI=1S/C19H19BrO3/c1-3-22-19(21)11-9-15-8-10-18(17(20)12-15)23-13-16-6-4-14(2)5-7-16/h4-12H,3,13H2,1-2H3/b11-9+. The third-order valence-corrected chi connectivity index (χ3v) is 3.79. The molecule has 0 amide bonds. The van der Waals surface area contributed by atoms with Crippen LogP contribution in [-0.2, 0) is 16.1 Å². The number of hydrogen-bond donors (Lipinski definition) is 0. The van der Waals surface area contributed by atoms with E-state index < -0.39 is 0 Å². The molecule has 0 saturated carbocycles. The van der Waals surface area contributed by atoms with Crippen LogP contribution in [0.4, 0.5) is 0 Å². The topological polar surface area (TPSA) is 35.5 Å². The fraction of sp³-hybridized carbons (Fsp3) is 0.211. The summed E-state index contributed by atoms with van der Waals surface area (Å²) in [5.74, 6) is 0.419. The molecule has 2 rings (SSSR count). The van der Waals surface area contributed by atoms with Gasteiger partial charge in [-0.05, 0) is 59.1 Å². The lowest BCUT2D eigenvalue weighted by molar-refractivity contribution is -0.137. The van der Waals surface area contributed by atoms with E-state index in [0.717, 1.165) is 21.3 Å². The van der Waals surface area contributed by atoms with E-state index in [1.807, 2.05) is 18.2 Å². The van der Waals surface area contributed by atoms with Crippen LogP contribution in [0.2, 0.25) is 0 Å². The van der Waals surface area contributed by atoms with E-state index in [1.165, 1.54) is 11.6 Å². The number of carbonyl (C=O) groups is 1. The summed E-state index contributed by atoms with van der Waals surface area (Å²) < 4.78 is 11.5. The molecule has 0 aliphatic carbocycles. The predicted octanol–water partition coefficient (Wildman–Crippen LogP) is 4.91. The van der Waals surface area contributed by atoms with Gasteiger partial charge in [0.1, 0.15) is 12.4 Å². The first kappa shape index (κ1) is 17.3. The summed E-state index contributed by atoms with van der Waals surface area (Å²) in [6.45, 7) is 4.72. The second-order valence-electron chi connectivity index (χ2n) is 5.05. The van der Waals surface area contributed by atoms with Crippen LogP contribution < -0.4 is 4.74 Å². The minimum Gasteiger partial charge on any atom is -0.488 e. The van der Waals surface area contributed by atoms with Crippen LogP contribution in [0.3, 0.4) is 0 Å². The van der Waals surface area contributed by atoms with E-state index in [1.54, 1.807) is 13.0 Å². The van der Waals surface area contributed by atoms with Crippen LogP contribution in [0.5, 0.6) is 5.75 Å². The number of carbonyl (C=O) groups excluding carboxylic acids is 1. The molecule has 4 heteroatoms. The molecule has 23 heavy (non-hydrogen) atoms. The quantitative estimate of drug-likeness (QED) is 0.532. The van der Waals surface area contributed by atoms with Gasteiger partial charge in [-0.3, -0.25) is 0 Å². The molecule has 2 aromatic rings. The number of aryl methyl sites for hydroxylation is 1. The van der Waals surface area contributed by atoms with Gasteiger partial charge in [0.25, 0.3) is 0 Å². The second-order valence-corrected chi connectivity index (χ2v) is 5.90. The Hall–Kier alpha value is -2.07. The van der Waals surface area contributed by atoms with Crippen molar-refractivity contribution < 1.29 is 14.3 Å². The monoisotopic (exact) mass is 374 g/mol. The number of hydrogen-bond acceptors (Lipinski definition) is 3. The van der Waals surface area contributed by atoms with Gasteiger partial charge in [0.05, 0.1) is 11.1 Å². The molecule has 0 saturated heterocycles. The number of halogens is 1. The molecule has 0 aliphatic heterocycles. The van der Waals surface area contributed by atoms with Crippen LogP contribution in [0, 0.1) is 6.92 Å². The number of esters is 1. The van der Waals surface area contributed by atoms with E-state index in [9.17, 15) is 4.79 Å². The summed E-state index contributed by atoms with van der Waals surface area (Å²) in [5.41, 5.74) is 3.24. The van der Waals surface area contributed by atoms with Crippen molar-refractivity contribution in [3.63, 3.8) is 0 Å². The lowest BCUT2D eigenvalue weighted by Crippen LogP contribution is -1.98. The minimum atomic E-state index is -0.344. The highest BCUT2D eigenvalue weighted by atomic mass is 79.9. The molecule has 0 atom stereocenters. The molecule has 0 heterocycles. The third-order valence-electron chi connectivity index (χ3n) is 3.17. The van der Waals surface area contributed by atoms with Gasteiger partial charge in [0.2, 0.25) is 0 Å². The molecule has 0 aromatic heterocycles. The number of rotatable bonds is 6. The average Bonchev–Trinajstić information content (AvgIpc) is 2.54. The molecule has 0 aliphatic rings. The number of benzene rings is 2. The fourth-order valence-electron chi connectivity index (χ4n) is 1.94. The first-order chi connectivity index (χ1) is 11.1. The average molecular weight is 375 g/mol. The van der Waals surface area contributed by atoms with Crippen LogP contribution in [0.25, 0.3) is 6.08 Å². The Morgan fingerprint density at radius 2 is 1.91 bits per heavy atom. The van der Waals surface area contributed by atoms with E-state index >= 15 is 0 Å². The van der Waals surface area contributed by atoms with Crippen molar-refractivity contribution in [2.75, 3.05) is 6.61 Å². The molecule has 0 unspecified atom stereocenters. The van der Waals surface area contributed by atoms with Gasteiger partial charge in [0, 0.05) is 6.08 Å². The molecule has 120 valence electrons. The SMILES string of the molecule is CCOC(=O)/C=C/c1ccc(OCc2ccc(C)cc2)c(Br)c1. The Morgan fingerprint density at radius 1 is 1.17 bits per heavy atom. The first-order valence-corrected chi connectivity index (χ1v) is 8.20. The van der Waals surface area contributed by atoms with Crippen LogP contribution >= 0.6 is 15.9 Å². The smallest absolute Gasteiger partial charge is 0.330 e. The Morgan fingerprint density at radius 3 is 2.57 bits per heavy atom. The lowest BCUT2D eigenvalue weighted by Gasteiger charge is -2.09. The maximum Gasteiger partial charge on any atom is 0.330 e. The van der Waals surface area contributed by atoms with Crippen molar-refractivity contribution in [1.29, 1.82) is 0 Å². The predicted molar refractivity (Wildman–Crippen MR) is 95.3 cm³/mol. The number of ether oxygens (including phenoxy) is 2. The van der Waals surface area contributed by atoms with Gasteiger partial charge >= 0.3 is 5.97 Å². The highest BCUT2D eigenvalue weighted by Gasteiger charge is 2.03. The highest BCUT2D eigenvalue weighted by molar-refractivity contribution is 9.10. The zero-order valence-electron chi connectivity index (χ0n) is 13.2. The summed E-state index contributed by atoms with van der Waals surface area (Å²) in [7, 11) is 0. The molecule has 0 N–H and O–H groups in total. The molecular formula is C19H19BrO3. The molecule has 0 fully saturated rings. The van der Waals surface area contributed by atoms with Crippen LogP contribution in [0.15, 0.2) is 53.0 Å². The molecule has 0 bridgehead atoms. The zero-order valence-corrected chi connectivity index (χ0v) is 14.8. The van der Waals surface area contributed by atoms with E-state index in [2.05, 4.69) is 47.1 Å². The van der Waals surface area contributed by atoms with E-state index in [0.29, 0.717) is 13.2 Å². The fourth-order valence-corrected chi connectivity index (χ4v) is 2.45. The van der Waals surface area contributed by atoms with Crippen molar-refractivity contribution >= 4 is 28.0 Å². The van der Waals surface area contributed by atoms with Crippen LogP contribution in [0.1, 0.15) is 23.6 Å².